The Morgan fingerprint density at radius 3 is 2.38 bits per heavy atom. The number of alkyl halides is 2. The summed E-state index contributed by atoms with van der Waals surface area (Å²) in [5.74, 6) is 0. The molecule has 1 aliphatic heterocycles. The number of hydrogen-bond donors (Lipinski definition) is 0. The number of hydrogen-bond acceptors (Lipinski definition) is 0. The van der Waals surface area contributed by atoms with Gasteiger partial charge in [-0.2, -0.15) is 0 Å². The molecule has 0 nitrogen and oxygen atoms in total. The minimum atomic E-state index is -0.207. The molecular weight excluding hydrogens is 222 g/mol. The zero-order chi connectivity index (χ0) is 9.26. The van der Waals surface area contributed by atoms with Crippen molar-refractivity contribution >= 4 is 36.4 Å². The predicted octanol–water partition coefficient (Wildman–Crippen LogP) is 3.37. The van der Waals surface area contributed by atoms with E-state index in [1.54, 1.807) is 0 Å². The maximum Gasteiger partial charge on any atom is 0.0737 e. The largest absolute Gasteiger partial charge is 0.121 e. The second kappa shape index (κ2) is 4.17. The van der Waals surface area contributed by atoms with Gasteiger partial charge in [0.2, 0.25) is 0 Å². The maximum absolute atomic E-state index is 6.26. The van der Waals surface area contributed by atoms with Crippen LogP contribution in [0.1, 0.15) is 6.42 Å². The van der Waals surface area contributed by atoms with Crippen LogP contribution in [-0.2, 0) is 0 Å². The van der Waals surface area contributed by atoms with Crippen molar-refractivity contribution in [3.63, 3.8) is 0 Å². The summed E-state index contributed by atoms with van der Waals surface area (Å²) in [6.45, 7) is 0. The monoisotopic (exact) mass is 232 g/mol. The first-order valence-electron chi connectivity index (χ1n) is 4.39. The summed E-state index contributed by atoms with van der Waals surface area (Å²) < 4.78 is 0. The van der Waals surface area contributed by atoms with Gasteiger partial charge in [-0.1, -0.05) is 38.3 Å². The smallest absolute Gasteiger partial charge is 0.0737 e. The number of benzene rings is 1. The zero-order valence-electron chi connectivity index (χ0n) is 7.16. The Labute approximate surface area is 90.0 Å². The van der Waals surface area contributed by atoms with E-state index >= 15 is 0 Å². The van der Waals surface area contributed by atoms with Crippen LogP contribution in [0.5, 0.6) is 0 Å². The van der Waals surface area contributed by atoms with E-state index in [-0.39, 0.29) is 18.4 Å². The normalized spacial score (nSPS) is 33.5. The van der Waals surface area contributed by atoms with E-state index in [2.05, 4.69) is 24.3 Å². The van der Waals surface area contributed by atoms with Crippen LogP contribution in [0.15, 0.2) is 30.3 Å². The van der Waals surface area contributed by atoms with Gasteiger partial charge in [0.25, 0.3) is 0 Å². The Balaban J connectivity index is 2.19. The lowest BCUT2D eigenvalue weighted by Gasteiger charge is -2.15. The van der Waals surface area contributed by atoms with E-state index in [0.717, 1.165) is 6.42 Å². The third-order valence-electron chi connectivity index (χ3n) is 2.33. The Hall–Kier alpha value is 0.230. The Morgan fingerprint density at radius 1 is 1.15 bits per heavy atom. The molecule has 1 aliphatic rings. The molecule has 0 aliphatic carbocycles. The Morgan fingerprint density at radius 2 is 1.85 bits per heavy atom. The molecule has 3 unspecified atom stereocenters. The molecular formula is C10H11Cl2P. The van der Waals surface area contributed by atoms with Crippen LogP contribution < -0.4 is 5.30 Å². The molecule has 3 heteroatoms. The highest BCUT2D eigenvalue weighted by Gasteiger charge is 2.33. The molecule has 1 aromatic rings. The molecule has 1 aromatic carbocycles. The van der Waals surface area contributed by atoms with Gasteiger partial charge < -0.3 is 0 Å². The highest BCUT2D eigenvalue weighted by Crippen LogP contribution is 2.52. The van der Waals surface area contributed by atoms with Gasteiger partial charge in [0, 0.05) is 0 Å². The van der Waals surface area contributed by atoms with Crippen LogP contribution >= 0.6 is 31.1 Å². The summed E-state index contributed by atoms with van der Waals surface area (Å²) in [6, 6.07) is 10.5. The molecule has 70 valence electrons. The Kier molecular flexibility index (Phi) is 3.14. The summed E-state index contributed by atoms with van der Waals surface area (Å²) >= 11 is 12.4. The van der Waals surface area contributed by atoms with Gasteiger partial charge in [0.1, 0.15) is 0 Å². The average Bonchev–Trinajstić information content (AvgIpc) is 2.49. The average molecular weight is 233 g/mol. The fourth-order valence-electron chi connectivity index (χ4n) is 1.61. The molecule has 3 atom stereocenters. The molecule has 0 amide bonds. The minimum absolute atomic E-state index is 0.166. The van der Waals surface area contributed by atoms with E-state index in [4.69, 9.17) is 23.2 Å². The van der Waals surface area contributed by atoms with Gasteiger partial charge in [0.05, 0.1) is 10.5 Å². The van der Waals surface area contributed by atoms with E-state index in [1.807, 2.05) is 6.07 Å². The minimum Gasteiger partial charge on any atom is -0.121 e. The Bertz CT molecular complexity index is 276. The van der Waals surface area contributed by atoms with Gasteiger partial charge in [-0.15, -0.1) is 23.2 Å². The molecule has 1 saturated heterocycles. The molecule has 13 heavy (non-hydrogen) atoms. The van der Waals surface area contributed by atoms with E-state index < -0.39 is 0 Å². The van der Waals surface area contributed by atoms with Gasteiger partial charge in [0.15, 0.2) is 0 Å². The third kappa shape index (κ3) is 2.01. The van der Waals surface area contributed by atoms with Crippen LogP contribution in [0.25, 0.3) is 0 Å². The van der Waals surface area contributed by atoms with Crippen molar-refractivity contribution in [2.75, 3.05) is 6.16 Å². The molecule has 1 heterocycles. The number of halogens is 2. The van der Waals surface area contributed by atoms with Crippen molar-refractivity contribution in [2.45, 2.75) is 16.9 Å². The lowest BCUT2D eigenvalue weighted by molar-refractivity contribution is 0.929. The molecule has 0 saturated carbocycles. The summed E-state index contributed by atoms with van der Waals surface area (Å²) in [5, 5.41) is 1.73. The number of rotatable bonds is 1. The first-order valence-corrected chi connectivity index (χ1v) is 6.86. The lowest BCUT2D eigenvalue weighted by atomic mass is 10.4. The SMILES string of the molecule is ClC1CCP(c2ccccc2)C1Cl. The van der Waals surface area contributed by atoms with Crippen molar-refractivity contribution in [2.24, 2.45) is 0 Å². The van der Waals surface area contributed by atoms with E-state index in [1.165, 1.54) is 11.5 Å². The molecule has 0 bridgehead atoms. The summed E-state index contributed by atoms with van der Waals surface area (Å²) in [6.07, 6.45) is 2.25. The van der Waals surface area contributed by atoms with Crippen LogP contribution in [0, 0.1) is 0 Å². The standard InChI is InChI=1S/C10H11Cl2P/c11-9-6-7-13(10(9)12)8-4-2-1-3-5-8/h1-5,9-10H,6-7H2. The van der Waals surface area contributed by atoms with Crippen LogP contribution in [0.3, 0.4) is 0 Å². The van der Waals surface area contributed by atoms with Crippen molar-refractivity contribution < 1.29 is 0 Å². The van der Waals surface area contributed by atoms with Crippen LogP contribution in [0.4, 0.5) is 0 Å². The first-order chi connectivity index (χ1) is 6.29. The fraction of sp³-hybridized carbons (Fsp3) is 0.400. The van der Waals surface area contributed by atoms with Gasteiger partial charge in [-0.25, -0.2) is 0 Å². The second-order valence-corrected chi connectivity index (χ2v) is 7.00. The highest BCUT2D eigenvalue weighted by atomic mass is 35.5. The molecule has 0 spiro atoms. The quantitative estimate of drug-likeness (QED) is 0.515. The van der Waals surface area contributed by atoms with Crippen molar-refractivity contribution in [1.29, 1.82) is 0 Å². The highest BCUT2D eigenvalue weighted by molar-refractivity contribution is 7.68. The molecule has 1 fully saturated rings. The van der Waals surface area contributed by atoms with Crippen LogP contribution in [0.2, 0.25) is 0 Å². The van der Waals surface area contributed by atoms with E-state index in [0.29, 0.717) is 0 Å². The summed E-state index contributed by atoms with van der Waals surface area (Å²) in [5.41, 5.74) is 0. The van der Waals surface area contributed by atoms with Crippen molar-refractivity contribution in [3.8, 4) is 0 Å². The summed E-state index contributed by atoms with van der Waals surface area (Å²) in [7, 11) is -0.207. The first kappa shape index (κ1) is 9.77. The van der Waals surface area contributed by atoms with E-state index in [9.17, 15) is 0 Å². The lowest BCUT2D eigenvalue weighted by Crippen LogP contribution is -2.09. The predicted molar refractivity (Wildman–Crippen MR) is 61.8 cm³/mol. The zero-order valence-corrected chi connectivity index (χ0v) is 9.57. The van der Waals surface area contributed by atoms with Gasteiger partial charge >= 0.3 is 0 Å². The molecule has 0 radical (unpaired) electrons. The van der Waals surface area contributed by atoms with Crippen molar-refractivity contribution in [1.82, 2.24) is 0 Å². The fourth-order valence-corrected chi connectivity index (χ4v) is 5.48. The molecule has 0 N–H and O–H groups in total. The third-order valence-corrected chi connectivity index (χ3v) is 6.77. The topological polar surface area (TPSA) is 0 Å². The van der Waals surface area contributed by atoms with Crippen LogP contribution in [-0.4, -0.2) is 16.7 Å². The van der Waals surface area contributed by atoms with Gasteiger partial charge in [-0.05, 0) is 17.9 Å². The summed E-state index contributed by atoms with van der Waals surface area (Å²) in [4.78, 5) is 0. The molecule has 2 rings (SSSR count). The maximum atomic E-state index is 6.26. The molecule has 0 aromatic heterocycles. The van der Waals surface area contributed by atoms with Gasteiger partial charge in [-0.3, -0.25) is 0 Å². The second-order valence-electron chi connectivity index (χ2n) is 3.21. The van der Waals surface area contributed by atoms with Crippen molar-refractivity contribution in [3.05, 3.63) is 30.3 Å².